The molecule has 0 unspecified atom stereocenters. The van der Waals surface area contributed by atoms with Crippen LogP contribution in [0.3, 0.4) is 0 Å². The first-order valence-electron chi connectivity index (χ1n) is 5.48. The molecular formula is C12H17N3O2S2. The van der Waals surface area contributed by atoms with Crippen LogP contribution in [-0.2, 0) is 0 Å². The monoisotopic (exact) mass is 299 g/mol. The van der Waals surface area contributed by atoms with Gasteiger partial charge in [-0.1, -0.05) is 0 Å². The van der Waals surface area contributed by atoms with E-state index in [1.165, 1.54) is 9.80 Å². The summed E-state index contributed by atoms with van der Waals surface area (Å²) in [5, 5.41) is -0.166. The van der Waals surface area contributed by atoms with Gasteiger partial charge >= 0.3 is 0 Å². The van der Waals surface area contributed by atoms with E-state index in [0.717, 1.165) is 33.3 Å². The average molecular weight is 299 g/mol. The van der Waals surface area contributed by atoms with Gasteiger partial charge in [0, 0.05) is 43.7 Å². The second-order valence-corrected chi connectivity index (χ2v) is 6.31. The Morgan fingerprint density at radius 2 is 1.26 bits per heavy atom. The third-order valence-corrected chi connectivity index (χ3v) is 4.07. The van der Waals surface area contributed by atoms with Crippen LogP contribution in [0.1, 0.15) is 0 Å². The van der Waals surface area contributed by atoms with E-state index in [2.05, 4.69) is 0 Å². The van der Waals surface area contributed by atoms with Gasteiger partial charge in [-0.05, 0) is 41.7 Å². The SMILES string of the molecule is CN(C)C(=O)Sc1cc(N)cc(SC(=O)N(C)C)c1. The predicted molar refractivity (Wildman–Crippen MR) is 80.7 cm³/mol. The molecule has 0 heterocycles. The van der Waals surface area contributed by atoms with E-state index in [-0.39, 0.29) is 10.5 Å². The smallest absolute Gasteiger partial charge is 0.285 e. The topological polar surface area (TPSA) is 66.6 Å². The fourth-order valence-corrected chi connectivity index (χ4v) is 2.70. The van der Waals surface area contributed by atoms with E-state index in [1.54, 1.807) is 46.4 Å². The fraction of sp³-hybridized carbons (Fsp3) is 0.333. The molecular weight excluding hydrogens is 282 g/mol. The molecule has 0 aromatic heterocycles. The van der Waals surface area contributed by atoms with Crippen LogP contribution >= 0.6 is 23.5 Å². The third kappa shape index (κ3) is 5.04. The van der Waals surface area contributed by atoms with Crippen molar-refractivity contribution in [2.75, 3.05) is 33.9 Å². The Morgan fingerprint density at radius 1 is 0.895 bits per heavy atom. The number of anilines is 1. The molecule has 19 heavy (non-hydrogen) atoms. The lowest BCUT2D eigenvalue weighted by Crippen LogP contribution is -2.16. The Kier molecular flexibility index (Phi) is 5.56. The zero-order valence-electron chi connectivity index (χ0n) is 11.3. The Labute approximate surface area is 121 Å². The predicted octanol–water partition coefficient (Wildman–Crippen LogP) is 2.82. The number of thioether (sulfide) groups is 2. The van der Waals surface area contributed by atoms with Crippen molar-refractivity contribution in [3.8, 4) is 0 Å². The number of carbonyl (C=O) groups is 2. The number of hydrogen-bond donors (Lipinski definition) is 1. The van der Waals surface area contributed by atoms with Gasteiger partial charge in [0.25, 0.3) is 10.5 Å². The van der Waals surface area contributed by atoms with Crippen molar-refractivity contribution in [1.82, 2.24) is 9.80 Å². The van der Waals surface area contributed by atoms with Crippen molar-refractivity contribution in [2.24, 2.45) is 0 Å². The number of nitrogens with two attached hydrogens (primary N) is 1. The van der Waals surface area contributed by atoms with Crippen molar-refractivity contribution < 1.29 is 9.59 Å². The van der Waals surface area contributed by atoms with E-state index in [1.807, 2.05) is 0 Å². The molecule has 5 nitrogen and oxygen atoms in total. The molecule has 0 aliphatic rings. The van der Waals surface area contributed by atoms with Gasteiger partial charge in [0.1, 0.15) is 0 Å². The molecule has 1 aromatic rings. The van der Waals surface area contributed by atoms with Crippen molar-refractivity contribution in [2.45, 2.75) is 9.79 Å². The standard InChI is InChI=1S/C12H17N3O2S2/c1-14(2)11(16)18-9-5-8(13)6-10(7-9)19-12(17)15(3)4/h5-7H,13H2,1-4H3. The minimum atomic E-state index is -0.0829. The minimum Gasteiger partial charge on any atom is -0.399 e. The van der Waals surface area contributed by atoms with Crippen LogP contribution in [0.15, 0.2) is 28.0 Å². The molecule has 7 heteroatoms. The summed E-state index contributed by atoms with van der Waals surface area (Å²) in [6, 6.07) is 5.22. The van der Waals surface area contributed by atoms with Crippen molar-refractivity contribution in [3.05, 3.63) is 18.2 Å². The molecule has 2 N–H and O–H groups in total. The molecule has 0 aliphatic carbocycles. The van der Waals surface area contributed by atoms with Gasteiger partial charge in [0.05, 0.1) is 0 Å². The van der Waals surface area contributed by atoms with E-state index >= 15 is 0 Å². The maximum absolute atomic E-state index is 11.6. The van der Waals surface area contributed by atoms with Crippen LogP contribution in [0.25, 0.3) is 0 Å². The lowest BCUT2D eigenvalue weighted by molar-refractivity contribution is 0.240. The summed E-state index contributed by atoms with van der Waals surface area (Å²) in [6.45, 7) is 0. The number of hydrogen-bond acceptors (Lipinski definition) is 5. The van der Waals surface area contributed by atoms with Gasteiger partial charge in [-0.25, -0.2) is 0 Å². The number of benzene rings is 1. The summed E-state index contributed by atoms with van der Waals surface area (Å²) >= 11 is 2.17. The van der Waals surface area contributed by atoms with E-state index in [9.17, 15) is 9.59 Å². The van der Waals surface area contributed by atoms with Crippen LogP contribution in [-0.4, -0.2) is 48.5 Å². The molecule has 0 fully saturated rings. The highest BCUT2D eigenvalue weighted by Gasteiger charge is 2.11. The van der Waals surface area contributed by atoms with Gasteiger partial charge in [-0.15, -0.1) is 0 Å². The van der Waals surface area contributed by atoms with Gasteiger partial charge in [-0.3, -0.25) is 9.59 Å². The summed E-state index contributed by atoms with van der Waals surface area (Å²) in [4.78, 5) is 27.7. The molecule has 0 saturated carbocycles. The van der Waals surface area contributed by atoms with E-state index in [0.29, 0.717) is 5.69 Å². The Balaban J connectivity index is 2.88. The molecule has 104 valence electrons. The summed E-state index contributed by atoms with van der Waals surface area (Å²) in [5.74, 6) is 0. The zero-order chi connectivity index (χ0) is 14.6. The zero-order valence-corrected chi connectivity index (χ0v) is 13.0. The Hall–Kier alpha value is -1.34. The number of amides is 2. The second kappa shape index (κ2) is 6.72. The molecule has 0 bridgehead atoms. The first kappa shape index (κ1) is 15.7. The number of nitrogen functional groups attached to an aromatic ring is 1. The summed E-state index contributed by atoms with van der Waals surface area (Å²) < 4.78 is 0. The minimum absolute atomic E-state index is 0.0829. The fourth-order valence-electron chi connectivity index (χ4n) is 1.10. The van der Waals surface area contributed by atoms with Crippen molar-refractivity contribution in [3.63, 3.8) is 0 Å². The number of rotatable bonds is 2. The van der Waals surface area contributed by atoms with Crippen molar-refractivity contribution >= 4 is 39.7 Å². The molecule has 0 saturated heterocycles. The van der Waals surface area contributed by atoms with Crippen LogP contribution in [0.2, 0.25) is 0 Å². The van der Waals surface area contributed by atoms with Gasteiger partial charge in [0.2, 0.25) is 0 Å². The Bertz CT molecular complexity index is 450. The normalized spacial score (nSPS) is 10.1. The highest BCUT2D eigenvalue weighted by molar-refractivity contribution is 8.14. The van der Waals surface area contributed by atoms with Crippen LogP contribution < -0.4 is 5.73 Å². The van der Waals surface area contributed by atoms with Gasteiger partial charge in [-0.2, -0.15) is 0 Å². The summed E-state index contributed by atoms with van der Waals surface area (Å²) in [7, 11) is 6.75. The van der Waals surface area contributed by atoms with Crippen LogP contribution in [0.5, 0.6) is 0 Å². The van der Waals surface area contributed by atoms with E-state index in [4.69, 9.17) is 5.73 Å². The largest absolute Gasteiger partial charge is 0.399 e. The molecule has 0 aliphatic heterocycles. The number of nitrogens with zero attached hydrogens (tertiary/aromatic N) is 2. The summed E-state index contributed by atoms with van der Waals surface area (Å²) in [6.07, 6.45) is 0. The maximum Gasteiger partial charge on any atom is 0.285 e. The number of carbonyl (C=O) groups excluding carboxylic acids is 2. The highest BCUT2D eigenvalue weighted by Crippen LogP contribution is 2.30. The maximum atomic E-state index is 11.6. The lowest BCUT2D eigenvalue weighted by Gasteiger charge is -2.12. The average Bonchev–Trinajstić information content (AvgIpc) is 2.27. The molecule has 0 spiro atoms. The molecule has 1 aromatic carbocycles. The highest BCUT2D eigenvalue weighted by atomic mass is 32.2. The molecule has 1 rings (SSSR count). The van der Waals surface area contributed by atoms with Crippen LogP contribution in [0, 0.1) is 0 Å². The van der Waals surface area contributed by atoms with Crippen LogP contribution in [0.4, 0.5) is 15.3 Å². The summed E-state index contributed by atoms with van der Waals surface area (Å²) in [5.41, 5.74) is 6.32. The van der Waals surface area contributed by atoms with Gasteiger partial charge < -0.3 is 15.5 Å². The quantitative estimate of drug-likeness (QED) is 0.672. The Morgan fingerprint density at radius 3 is 1.58 bits per heavy atom. The third-order valence-electron chi connectivity index (χ3n) is 2.04. The molecule has 0 atom stereocenters. The second-order valence-electron chi connectivity index (χ2n) is 4.26. The first-order chi connectivity index (χ1) is 8.79. The van der Waals surface area contributed by atoms with Gasteiger partial charge in [0.15, 0.2) is 0 Å². The molecule has 0 radical (unpaired) electrons. The van der Waals surface area contributed by atoms with Crippen molar-refractivity contribution in [1.29, 1.82) is 0 Å². The lowest BCUT2D eigenvalue weighted by atomic mass is 10.3. The first-order valence-corrected chi connectivity index (χ1v) is 7.11. The molecule has 2 amide bonds. The van der Waals surface area contributed by atoms with E-state index < -0.39 is 0 Å².